The van der Waals surface area contributed by atoms with E-state index >= 15 is 0 Å². The Labute approximate surface area is 118 Å². The first-order valence-corrected chi connectivity index (χ1v) is 6.30. The van der Waals surface area contributed by atoms with E-state index in [0.717, 1.165) is 0 Å². The van der Waals surface area contributed by atoms with Crippen molar-refractivity contribution in [1.82, 2.24) is 14.9 Å². The fourth-order valence-corrected chi connectivity index (χ4v) is 2.37. The maximum atomic E-state index is 11.8. The van der Waals surface area contributed by atoms with Crippen molar-refractivity contribution in [2.24, 2.45) is 0 Å². The molecule has 5 N–H and O–H groups in total. The third-order valence-electron chi connectivity index (χ3n) is 3.47. The molecular formula is C11H14N4O6. The molecule has 2 aliphatic heterocycles. The molecule has 1 aromatic heterocycles. The molecule has 10 nitrogen and oxygen atoms in total. The lowest BCUT2D eigenvalue weighted by atomic mass is 10.1. The summed E-state index contributed by atoms with van der Waals surface area (Å²) < 4.78 is 6.60. The monoisotopic (exact) mass is 298 g/mol. The second kappa shape index (κ2) is 5.07. The second-order valence-electron chi connectivity index (χ2n) is 4.81. The Morgan fingerprint density at radius 2 is 2.14 bits per heavy atom. The molecule has 3 rings (SSSR count). The van der Waals surface area contributed by atoms with Crippen LogP contribution in [0.3, 0.4) is 0 Å². The minimum Gasteiger partial charge on any atom is -0.394 e. The smallest absolute Gasteiger partial charge is 0.274 e. The van der Waals surface area contributed by atoms with Gasteiger partial charge in [0.1, 0.15) is 24.1 Å². The van der Waals surface area contributed by atoms with E-state index in [-0.39, 0.29) is 18.1 Å². The number of fused-ring (bicyclic) bond motifs is 1. The number of hydrogen-bond acceptors (Lipinski definition) is 7. The van der Waals surface area contributed by atoms with Crippen molar-refractivity contribution in [3.8, 4) is 0 Å². The maximum Gasteiger partial charge on any atom is 0.274 e. The van der Waals surface area contributed by atoms with Crippen LogP contribution < -0.4 is 10.6 Å². The highest BCUT2D eigenvalue weighted by Crippen LogP contribution is 2.33. The molecule has 0 spiro atoms. The number of rotatable bonds is 2. The van der Waals surface area contributed by atoms with Crippen molar-refractivity contribution in [1.29, 1.82) is 0 Å². The highest BCUT2D eigenvalue weighted by molar-refractivity contribution is 6.06. The van der Waals surface area contributed by atoms with Gasteiger partial charge in [0.05, 0.1) is 19.5 Å². The Hall–Kier alpha value is -2.01. The molecule has 1 fully saturated rings. The number of aliphatic hydroxyl groups excluding tert-OH is 3. The van der Waals surface area contributed by atoms with Gasteiger partial charge in [-0.1, -0.05) is 0 Å². The first-order chi connectivity index (χ1) is 10.0. The van der Waals surface area contributed by atoms with Crippen molar-refractivity contribution >= 4 is 17.6 Å². The standard InChI is InChI=1S/C11H14N4O6/c16-2-4-7(18)8(19)11(21-4)15-3-13-6-9(15)14-5(17)1-12-10(6)20/h3-4,7-8,11,16,18-19H,1-2H2,(H,12,20)(H,14,17)/t4-,7-,8-,11-/m1/s1. The van der Waals surface area contributed by atoms with Gasteiger partial charge in [-0.3, -0.25) is 14.2 Å². The maximum absolute atomic E-state index is 11.8. The number of amides is 2. The van der Waals surface area contributed by atoms with Gasteiger partial charge in [0.15, 0.2) is 11.9 Å². The minimum atomic E-state index is -1.33. The van der Waals surface area contributed by atoms with Gasteiger partial charge in [0.2, 0.25) is 5.91 Å². The summed E-state index contributed by atoms with van der Waals surface area (Å²) in [6.07, 6.45) is -3.43. The van der Waals surface area contributed by atoms with E-state index in [0.29, 0.717) is 0 Å². The lowest BCUT2D eigenvalue weighted by Gasteiger charge is -2.18. The molecule has 114 valence electrons. The summed E-state index contributed by atoms with van der Waals surface area (Å²) >= 11 is 0. The van der Waals surface area contributed by atoms with Gasteiger partial charge in [-0.15, -0.1) is 0 Å². The number of aromatic nitrogens is 2. The van der Waals surface area contributed by atoms with Gasteiger partial charge in [-0.2, -0.15) is 0 Å². The Bertz CT molecular complexity index is 587. The van der Waals surface area contributed by atoms with E-state index in [1.54, 1.807) is 0 Å². The number of carbonyl (C=O) groups excluding carboxylic acids is 2. The molecule has 0 aromatic carbocycles. The zero-order valence-electron chi connectivity index (χ0n) is 10.8. The summed E-state index contributed by atoms with van der Waals surface area (Å²) in [6.45, 7) is -0.663. The Kier molecular flexibility index (Phi) is 3.37. The number of aliphatic hydroxyl groups is 3. The number of anilines is 1. The van der Waals surface area contributed by atoms with Crippen LogP contribution in [0.2, 0.25) is 0 Å². The largest absolute Gasteiger partial charge is 0.394 e. The quantitative estimate of drug-likeness (QED) is 0.395. The number of nitrogens with one attached hydrogen (secondary N) is 2. The van der Waals surface area contributed by atoms with Crippen LogP contribution in [0.15, 0.2) is 6.33 Å². The summed E-state index contributed by atoms with van der Waals surface area (Å²) in [5.74, 6) is -0.908. The average molecular weight is 298 g/mol. The van der Waals surface area contributed by atoms with E-state index in [1.165, 1.54) is 10.9 Å². The molecule has 10 heteroatoms. The minimum absolute atomic E-state index is 0.0152. The molecule has 3 heterocycles. The molecule has 21 heavy (non-hydrogen) atoms. The molecule has 2 aliphatic rings. The fourth-order valence-electron chi connectivity index (χ4n) is 2.37. The predicted octanol–water partition coefficient (Wildman–Crippen LogP) is -2.82. The first-order valence-electron chi connectivity index (χ1n) is 6.30. The van der Waals surface area contributed by atoms with E-state index in [4.69, 9.17) is 9.84 Å². The zero-order valence-corrected chi connectivity index (χ0v) is 10.8. The van der Waals surface area contributed by atoms with E-state index < -0.39 is 43.0 Å². The Morgan fingerprint density at radius 1 is 1.38 bits per heavy atom. The topological polar surface area (TPSA) is 146 Å². The van der Waals surface area contributed by atoms with Crippen molar-refractivity contribution in [3.63, 3.8) is 0 Å². The molecule has 0 bridgehead atoms. The number of imidazole rings is 1. The second-order valence-corrected chi connectivity index (χ2v) is 4.81. The molecule has 0 aliphatic carbocycles. The van der Waals surface area contributed by atoms with Crippen molar-refractivity contribution < 1.29 is 29.6 Å². The zero-order chi connectivity index (χ0) is 15.1. The number of ether oxygens (including phenoxy) is 1. The number of hydrogen-bond donors (Lipinski definition) is 5. The molecule has 1 aromatic rings. The third kappa shape index (κ3) is 2.17. The van der Waals surface area contributed by atoms with Crippen LogP contribution in [0.4, 0.5) is 5.82 Å². The van der Waals surface area contributed by atoms with Gasteiger partial charge in [-0.05, 0) is 0 Å². The van der Waals surface area contributed by atoms with Gasteiger partial charge in [0, 0.05) is 0 Å². The van der Waals surface area contributed by atoms with Crippen LogP contribution in [0.1, 0.15) is 16.7 Å². The van der Waals surface area contributed by atoms with Crippen molar-refractivity contribution in [3.05, 3.63) is 12.0 Å². The summed E-state index contributed by atoms with van der Waals surface area (Å²) in [5, 5.41) is 33.7. The lowest BCUT2D eigenvalue weighted by Crippen LogP contribution is -2.33. The summed E-state index contributed by atoms with van der Waals surface area (Å²) in [7, 11) is 0. The Morgan fingerprint density at radius 3 is 2.81 bits per heavy atom. The van der Waals surface area contributed by atoms with E-state index in [1.807, 2.05) is 0 Å². The summed E-state index contributed by atoms with van der Waals surface area (Å²) in [4.78, 5) is 27.2. The van der Waals surface area contributed by atoms with Crippen molar-refractivity contribution in [2.45, 2.75) is 24.5 Å². The molecule has 2 amide bonds. The molecule has 0 radical (unpaired) electrons. The molecule has 4 atom stereocenters. The highest BCUT2D eigenvalue weighted by atomic mass is 16.6. The van der Waals surface area contributed by atoms with E-state index in [2.05, 4.69) is 15.6 Å². The summed E-state index contributed by atoms with van der Waals surface area (Å²) in [6, 6.07) is 0. The van der Waals surface area contributed by atoms with E-state index in [9.17, 15) is 19.8 Å². The van der Waals surface area contributed by atoms with Crippen LogP contribution in [0.25, 0.3) is 0 Å². The predicted molar refractivity (Wildman–Crippen MR) is 66.2 cm³/mol. The first kappa shape index (κ1) is 13.9. The lowest BCUT2D eigenvalue weighted by molar-refractivity contribution is -0.115. The van der Waals surface area contributed by atoms with Crippen LogP contribution >= 0.6 is 0 Å². The Balaban J connectivity index is 1.97. The third-order valence-corrected chi connectivity index (χ3v) is 3.47. The van der Waals surface area contributed by atoms with Crippen LogP contribution in [-0.4, -0.2) is 68.1 Å². The number of nitrogens with zero attached hydrogens (tertiary/aromatic N) is 2. The van der Waals surface area contributed by atoms with Gasteiger partial charge < -0.3 is 30.7 Å². The fraction of sp³-hybridized carbons (Fsp3) is 0.545. The van der Waals surface area contributed by atoms with Gasteiger partial charge in [-0.25, -0.2) is 4.98 Å². The average Bonchev–Trinajstić information content (AvgIpc) is 2.95. The number of carbonyl (C=O) groups is 2. The normalized spacial score (nSPS) is 32.3. The van der Waals surface area contributed by atoms with Crippen molar-refractivity contribution in [2.75, 3.05) is 18.5 Å². The highest BCUT2D eigenvalue weighted by Gasteiger charge is 2.44. The SMILES string of the molecule is O=C1CNC(=O)c2ncn([C@@H]3O[C@H](CO)[C@@H](O)[C@H]3O)c2N1. The molecule has 0 unspecified atom stereocenters. The molecule has 1 saturated heterocycles. The summed E-state index contributed by atoms with van der Waals surface area (Å²) in [5.41, 5.74) is -0.0152. The van der Waals surface area contributed by atoms with Gasteiger partial charge in [0.25, 0.3) is 5.91 Å². The molecular weight excluding hydrogens is 284 g/mol. The van der Waals surface area contributed by atoms with Gasteiger partial charge >= 0.3 is 0 Å². The van der Waals surface area contributed by atoms with Crippen LogP contribution in [0, 0.1) is 0 Å². The van der Waals surface area contributed by atoms with Crippen LogP contribution in [0.5, 0.6) is 0 Å². The van der Waals surface area contributed by atoms with Crippen LogP contribution in [-0.2, 0) is 9.53 Å². The molecule has 0 saturated carbocycles.